The number of rotatable bonds is 6. The van der Waals surface area contributed by atoms with Crippen LogP contribution in [0.3, 0.4) is 0 Å². The summed E-state index contributed by atoms with van der Waals surface area (Å²) in [5, 5.41) is 20.0. The fraction of sp³-hybridized carbons (Fsp3) is 0.579. The molecule has 0 aromatic carbocycles. The van der Waals surface area contributed by atoms with Crippen molar-refractivity contribution in [1.82, 2.24) is 24.1 Å². The lowest BCUT2D eigenvalue weighted by Gasteiger charge is -2.31. The van der Waals surface area contributed by atoms with Crippen molar-refractivity contribution in [3.8, 4) is 6.07 Å². The Morgan fingerprint density at radius 2 is 1.84 bits per heavy atom. The molecule has 166 valence electrons. The van der Waals surface area contributed by atoms with E-state index in [1.54, 1.807) is 7.05 Å². The standard InChI is InChI=1S/C19H26N8O3S/c1-26-13-17(12-22-26)31(28,29)27-6-2-15(3-7-27)24-19-21-11-14(10-20)18(25-19)23-16-4-8-30-9-5-16/h11-13,15-16H,2-9H2,1H3,(H2,21,23,24,25). The van der Waals surface area contributed by atoms with Crippen LogP contribution in [-0.4, -0.2) is 70.9 Å². The zero-order chi connectivity index (χ0) is 21.8. The summed E-state index contributed by atoms with van der Waals surface area (Å²) in [5.41, 5.74) is 0.398. The summed E-state index contributed by atoms with van der Waals surface area (Å²) < 4.78 is 33.8. The third kappa shape index (κ3) is 4.95. The molecule has 2 saturated heterocycles. The van der Waals surface area contributed by atoms with E-state index in [0.717, 1.165) is 12.8 Å². The molecule has 4 heterocycles. The molecule has 0 unspecified atom stereocenters. The Kier molecular flexibility index (Phi) is 6.35. The lowest BCUT2D eigenvalue weighted by molar-refractivity contribution is 0.0904. The molecule has 0 radical (unpaired) electrons. The van der Waals surface area contributed by atoms with E-state index in [2.05, 4.69) is 31.8 Å². The quantitative estimate of drug-likeness (QED) is 0.664. The van der Waals surface area contributed by atoms with Crippen molar-refractivity contribution < 1.29 is 13.2 Å². The number of hydrogen-bond donors (Lipinski definition) is 2. The van der Waals surface area contributed by atoms with Gasteiger partial charge in [0, 0.05) is 51.6 Å². The van der Waals surface area contributed by atoms with Crippen LogP contribution in [0.5, 0.6) is 0 Å². The first-order valence-electron chi connectivity index (χ1n) is 10.3. The SMILES string of the molecule is Cn1cc(S(=O)(=O)N2CCC(Nc3ncc(C#N)c(NC4CCOCC4)n3)CC2)cn1. The highest BCUT2D eigenvalue weighted by Gasteiger charge is 2.30. The molecule has 4 rings (SSSR count). The van der Waals surface area contributed by atoms with E-state index in [0.29, 0.717) is 56.5 Å². The summed E-state index contributed by atoms with van der Waals surface area (Å²) in [4.78, 5) is 8.98. The van der Waals surface area contributed by atoms with Crippen molar-refractivity contribution in [2.24, 2.45) is 7.05 Å². The molecule has 2 fully saturated rings. The molecule has 0 saturated carbocycles. The van der Waals surface area contributed by atoms with Gasteiger partial charge in [-0.05, 0) is 25.7 Å². The van der Waals surface area contributed by atoms with Crippen LogP contribution in [-0.2, 0) is 21.8 Å². The second-order valence-electron chi connectivity index (χ2n) is 7.77. The topological polar surface area (TPSA) is 138 Å². The minimum Gasteiger partial charge on any atom is -0.381 e. The predicted molar refractivity (Wildman–Crippen MR) is 113 cm³/mol. The molecule has 2 aromatic heterocycles. The van der Waals surface area contributed by atoms with Crippen LogP contribution in [0.4, 0.5) is 11.8 Å². The summed E-state index contributed by atoms with van der Waals surface area (Å²) >= 11 is 0. The molecule has 0 atom stereocenters. The number of aromatic nitrogens is 4. The third-order valence-electron chi connectivity index (χ3n) is 5.58. The maximum atomic E-state index is 12.7. The Morgan fingerprint density at radius 1 is 1.13 bits per heavy atom. The average molecular weight is 447 g/mol. The highest BCUT2D eigenvalue weighted by Crippen LogP contribution is 2.23. The number of nitriles is 1. The summed E-state index contributed by atoms with van der Waals surface area (Å²) in [6.07, 6.45) is 7.38. The van der Waals surface area contributed by atoms with Crippen LogP contribution in [0.2, 0.25) is 0 Å². The van der Waals surface area contributed by atoms with Crippen molar-refractivity contribution in [3.05, 3.63) is 24.2 Å². The molecule has 2 aliphatic heterocycles. The first-order chi connectivity index (χ1) is 15.0. The smallest absolute Gasteiger partial charge is 0.246 e. The molecule has 11 nitrogen and oxygen atoms in total. The largest absolute Gasteiger partial charge is 0.381 e. The van der Waals surface area contributed by atoms with Crippen molar-refractivity contribution >= 4 is 21.8 Å². The summed E-state index contributed by atoms with van der Waals surface area (Å²) in [6.45, 7) is 2.18. The van der Waals surface area contributed by atoms with E-state index >= 15 is 0 Å². The molecule has 0 amide bonds. The fourth-order valence-electron chi connectivity index (χ4n) is 3.78. The molecule has 31 heavy (non-hydrogen) atoms. The first-order valence-corrected chi connectivity index (χ1v) is 11.8. The number of aryl methyl sites for hydroxylation is 1. The summed E-state index contributed by atoms with van der Waals surface area (Å²) in [7, 11) is -1.84. The van der Waals surface area contributed by atoms with Gasteiger partial charge in [-0.1, -0.05) is 0 Å². The highest BCUT2D eigenvalue weighted by molar-refractivity contribution is 7.89. The monoisotopic (exact) mass is 446 g/mol. The molecule has 2 aliphatic rings. The molecular formula is C19H26N8O3S. The van der Waals surface area contributed by atoms with Gasteiger partial charge in [-0.15, -0.1) is 0 Å². The Hall–Kier alpha value is -2.75. The molecule has 2 N–H and O–H groups in total. The number of piperidine rings is 1. The Balaban J connectivity index is 1.38. The van der Waals surface area contributed by atoms with Gasteiger partial charge in [0.1, 0.15) is 22.3 Å². The Bertz CT molecular complexity index is 1050. The van der Waals surface area contributed by atoms with Gasteiger partial charge in [-0.2, -0.15) is 19.6 Å². The minimum absolute atomic E-state index is 0.0456. The minimum atomic E-state index is -3.53. The third-order valence-corrected chi connectivity index (χ3v) is 7.43. The van der Waals surface area contributed by atoms with Crippen molar-refractivity contribution in [2.75, 3.05) is 36.9 Å². The van der Waals surface area contributed by atoms with Gasteiger partial charge >= 0.3 is 0 Å². The average Bonchev–Trinajstić information content (AvgIpc) is 3.22. The zero-order valence-corrected chi connectivity index (χ0v) is 18.2. The van der Waals surface area contributed by atoms with Crippen molar-refractivity contribution in [3.63, 3.8) is 0 Å². The van der Waals surface area contributed by atoms with E-state index < -0.39 is 10.0 Å². The number of ether oxygens (including phenoxy) is 1. The maximum Gasteiger partial charge on any atom is 0.246 e. The van der Waals surface area contributed by atoms with E-state index in [-0.39, 0.29) is 17.0 Å². The van der Waals surface area contributed by atoms with Gasteiger partial charge in [0.25, 0.3) is 0 Å². The van der Waals surface area contributed by atoms with Gasteiger partial charge in [-0.3, -0.25) is 4.68 Å². The van der Waals surface area contributed by atoms with Crippen LogP contribution >= 0.6 is 0 Å². The predicted octanol–water partition coefficient (Wildman–Crippen LogP) is 0.938. The number of anilines is 2. The lowest BCUT2D eigenvalue weighted by Crippen LogP contribution is -2.42. The van der Waals surface area contributed by atoms with E-state index in [4.69, 9.17) is 4.74 Å². The molecule has 12 heteroatoms. The summed E-state index contributed by atoms with van der Waals surface area (Å²) in [6, 6.07) is 2.39. The fourth-order valence-corrected chi connectivity index (χ4v) is 5.24. The van der Waals surface area contributed by atoms with E-state index in [9.17, 15) is 13.7 Å². The highest BCUT2D eigenvalue weighted by atomic mass is 32.2. The van der Waals surface area contributed by atoms with Gasteiger partial charge < -0.3 is 15.4 Å². The Labute approximate surface area is 181 Å². The molecular weight excluding hydrogens is 420 g/mol. The van der Waals surface area contributed by atoms with Crippen LogP contribution in [0.1, 0.15) is 31.2 Å². The lowest BCUT2D eigenvalue weighted by atomic mass is 10.1. The van der Waals surface area contributed by atoms with Crippen LogP contribution in [0.15, 0.2) is 23.5 Å². The zero-order valence-electron chi connectivity index (χ0n) is 17.4. The molecule has 0 spiro atoms. The number of hydrogen-bond acceptors (Lipinski definition) is 9. The Morgan fingerprint density at radius 3 is 2.48 bits per heavy atom. The van der Waals surface area contributed by atoms with E-state index in [1.165, 1.54) is 27.6 Å². The molecule has 0 bridgehead atoms. The number of sulfonamides is 1. The van der Waals surface area contributed by atoms with Crippen molar-refractivity contribution in [2.45, 2.75) is 42.7 Å². The molecule has 0 aliphatic carbocycles. The second-order valence-corrected chi connectivity index (χ2v) is 9.71. The summed E-state index contributed by atoms with van der Waals surface area (Å²) in [5.74, 6) is 0.950. The second kappa shape index (κ2) is 9.17. The van der Waals surface area contributed by atoms with Crippen LogP contribution < -0.4 is 10.6 Å². The van der Waals surface area contributed by atoms with Crippen molar-refractivity contribution in [1.29, 1.82) is 5.26 Å². The van der Waals surface area contributed by atoms with E-state index in [1.807, 2.05) is 0 Å². The normalized spacial score (nSPS) is 19.1. The van der Waals surface area contributed by atoms with Gasteiger partial charge in [0.15, 0.2) is 0 Å². The van der Waals surface area contributed by atoms with Gasteiger partial charge in [-0.25, -0.2) is 13.4 Å². The number of nitrogens with zero attached hydrogens (tertiary/aromatic N) is 6. The first kappa shape index (κ1) is 21.5. The van der Waals surface area contributed by atoms with Gasteiger partial charge in [0.05, 0.1) is 12.4 Å². The van der Waals surface area contributed by atoms with Gasteiger partial charge in [0.2, 0.25) is 16.0 Å². The van der Waals surface area contributed by atoms with Crippen LogP contribution in [0, 0.1) is 11.3 Å². The maximum absolute atomic E-state index is 12.7. The molecule has 2 aromatic rings. The van der Waals surface area contributed by atoms with Crippen LogP contribution in [0.25, 0.3) is 0 Å². The number of nitrogens with one attached hydrogen (secondary N) is 2.